The van der Waals surface area contributed by atoms with Crippen molar-refractivity contribution in [3.8, 4) is 0 Å². The van der Waals surface area contributed by atoms with Crippen molar-refractivity contribution < 1.29 is 14.6 Å². The molecule has 3 rings (SSSR count). The zero-order valence-corrected chi connectivity index (χ0v) is 11.0. The molecule has 2 aliphatic heterocycles. The number of nitrogens with zero attached hydrogens (tertiary/aromatic N) is 2. The molecule has 1 N–H and O–H groups in total. The van der Waals surface area contributed by atoms with Gasteiger partial charge in [0.2, 0.25) is 5.91 Å². The minimum Gasteiger partial charge on any atom is -0.389 e. The summed E-state index contributed by atoms with van der Waals surface area (Å²) in [6.07, 6.45) is 4.21. The molecular formula is C13H22N2O3. The predicted octanol–water partition coefficient (Wildman–Crippen LogP) is -0.167. The smallest absolute Gasteiger partial charge is 0.248 e. The topological polar surface area (TPSA) is 53.0 Å². The Bertz CT molecular complexity index is 341. The van der Waals surface area contributed by atoms with Gasteiger partial charge in [0.1, 0.15) is 6.61 Å². The first-order valence-corrected chi connectivity index (χ1v) is 6.89. The maximum absolute atomic E-state index is 11.6. The highest BCUT2D eigenvalue weighted by atomic mass is 16.5. The third kappa shape index (κ3) is 2.15. The molecule has 5 nitrogen and oxygen atoms in total. The molecule has 0 bridgehead atoms. The van der Waals surface area contributed by atoms with Crippen LogP contribution in [0.2, 0.25) is 0 Å². The van der Waals surface area contributed by atoms with E-state index in [1.807, 2.05) is 11.9 Å². The summed E-state index contributed by atoms with van der Waals surface area (Å²) in [5, 5.41) is 10.4. The number of ether oxygens (including phenoxy) is 1. The second-order valence-corrected chi connectivity index (χ2v) is 6.05. The molecule has 5 heteroatoms. The zero-order valence-electron chi connectivity index (χ0n) is 11.0. The molecule has 3 fully saturated rings. The van der Waals surface area contributed by atoms with Gasteiger partial charge >= 0.3 is 0 Å². The Morgan fingerprint density at radius 1 is 1.39 bits per heavy atom. The Labute approximate surface area is 108 Å². The number of rotatable bonds is 2. The number of morpholine rings is 1. The van der Waals surface area contributed by atoms with Crippen LogP contribution < -0.4 is 0 Å². The van der Waals surface area contributed by atoms with E-state index in [0.29, 0.717) is 0 Å². The predicted molar refractivity (Wildman–Crippen MR) is 66.2 cm³/mol. The number of likely N-dealkylation sites (N-methyl/N-ethyl adjacent to an activating group) is 1. The Balaban J connectivity index is 1.62. The maximum Gasteiger partial charge on any atom is 0.248 e. The third-order valence-electron chi connectivity index (χ3n) is 4.68. The van der Waals surface area contributed by atoms with Crippen LogP contribution in [-0.2, 0) is 9.53 Å². The van der Waals surface area contributed by atoms with Crippen LogP contribution in [0.5, 0.6) is 0 Å². The van der Waals surface area contributed by atoms with E-state index in [1.54, 1.807) is 0 Å². The highest BCUT2D eigenvalue weighted by molar-refractivity contribution is 5.78. The first-order chi connectivity index (χ1) is 8.57. The number of likely N-dealkylation sites (tertiary alicyclic amines) is 1. The lowest BCUT2D eigenvalue weighted by Gasteiger charge is -2.33. The molecule has 1 aliphatic carbocycles. The van der Waals surface area contributed by atoms with E-state index >= 15 is 0 Å². The van der Waals surface area contributed by atoms with Crippen molar-refractivity contribution in [2.45, 2.75) is 43.4 Å². The van der Waals surface area contributed by atoms with E-state index in [2.05, 4.69) is 4.90 Å². The Hall–Kier alpha value is -0.650. The van der Waals surface area contributed by atoms with E-state index < -0.39 is 5.60 Å². The van der Waals surface area contributed by atoms with Crippen LogP contribution in [0.25, 0.3) is 0 Å². The van der Waals surface area contributed by atoms with Gasteiger partial charge in [-0.2, -0.15) is 0 Å². The summed E-state index contributed by atoms with van der Waals surface area (Å²) in [7, 11) is 1.86. The Morgan fingerprint density at radius 3 is 2.83 bits per heavy atom. The number of aliphatic hydroxyl groups is 1. The SMILES string of the molecule is CN1C(=O)CO[C@H]2CN(CC3(O)CCCC3)C[C@@H]21. The molecule has 1 amide bonds. The lowest BCUT2D eigenvalue weighted by Crippen LogP contribution is -2.51. The number of fused-ring (bicyclic) bond motifs is 1. The monoisotopic (exact) mass is 254 g/mol. The number of hydrogen-bond acceptors (Lipinski definition) is 4. The second-order valence-electron chi connectivity index (χ2n) is 6.05. The fourth-order valence-corrected chi connectivity index (χ4v) is 3.57. The molecule has 0 spiro atoms. The van der Waals surface area contributed by atoms with E-state index in [9.17, 15) is 9.90 Å². The van der Waals surface area contributed by atoms with Crippen molar-refractivity contribution in [3.05, 3.63) is 0 Å². The van der Waals surface area contributed by atoms with Crippen LogP contribution in [0, 0.1) is 0 Å². The molecule has 18 heavy (non-hydrogen) atoms. The van der Waals surface area contributed by atoms with Crippen molar-refractivity contribution in [2.24, 2.45) is 0 Å². The van der Waals surface area contributed by atoms with Gasteiger partial charge in [-0.05, 0) is 12.8 Å². The van der Waals surface area contributed by atoms with E-state index in [-0.39, 0.29) is 24.7 Å². The van der Waals surface area contributed by atoms with Gasteiger partial charge in [0.15, 0.2) is 0 Å². The highest BCUT2D eigenvalue weighted by Gasteiger charge is 2.44. The Kier molecular flexibility index (Phi) is 3.08. The van der Waals surface area contributed by atoms with Gasteiger partial charge in [-0.3, -0.25) is 9.69 Å². The van der Waals surface area contributed by atoms with Crippen molar-refractivity contribution >= 4 is 5.91 Å². The standard InChI is InChI=1S/C13H22N2O3/c1-14-10-6-15(7-11(10)18-8-12(14)16)9-13(17)4-2-3-5-13/h10-11,17H,2-9H2,1H3/t10-,11-/m0/s1. The molecule has 102 valence electrons. The van der Waals surface area contributed by atoms with Crippen LogP contribution in [0.15, 0.2) is 0 Å². The minimum atomic E-state index is -0.504. The van der Waals surface area contributed by atoms with Crippen LogP contribution in [-0.4, -0.2) is 71.8 Å². The summed E-state index contributed by atoms with van der Waals surface area (Å²) in [6.45, 7) is 2.60. The molecule has 0 aromatic heterocycles. The number of carbonyl (C=O) groups excluding carboxylic acids is 1. The lowest BCUT2D eigenvalue weighted by atomic mass is 10.0. The van der Waals surface area contributed by atoms with Crippen LogP contribution in [0.1, 0.15) is 25.7 Å². The first-order valence-electron chi connectivity index (χ1n) is 6.89. The molecule has 0 aromatic rings. The average molecular weight is 254 g/mol. The summed E-state index contributed by atoms with van der Waals surface area (Å²) >= 11 is 0. The quantitative estimate of drug-likeness (QED) is 0.743. The number of amides is 1. The van der Waals surface area contributed by atoms with Crippen LogP contribution >= 0.6 is 0 Å². The summed E-state index contributed by atoms with van der Waals surface area (Å²) in [6, 6.07) is 0.163. The normalized spacial score (nSPS) is 36.1. The molecule has 0 aromatic carbocycles. The summed E-state index contributed by atoms with van der Waals surface area (Å²) in [5.74, 6) is 0.0673. The molecule has 0 radical (unpaired) electrons. The van der Waals surface area contributed by atoms with E-state index in [0.717, 1.165) is 45.3 Å². The van der Waals surface area contributed by atoms with Gasteiger partial charge in [-0.25, -0.2) is 0 Å². The molecule has 1 saturated carbocycles. The number of carbonyl (C=O) groups is 1. The first kappa shape index (κ1) is 12.4. The summed E-state index contributed by atoms with van der Waals surface area (Å²) in [5.41, 5.74) is -0.504. The molecule has 2 heterocycles. The summed E-state index contributed by atoms with van der Waals surface area (Å²) < 4.78 is 5.60. The molecule has 3 aliphatic rings. The zero-order chi connectivity index (χ0) is 12.8. The fourth-order valence-electron chi connectivity index (χ4n) is 3.57. The van der Waals surface area contributed by atoms with Crippen molar-refractivity contribution in [3.63, 3.8) is 0 Å². The third-order valence-corrected chi connectivity index (χ3v) is 4.68. The average Bonchev–Trinajstić information content (AvgIpc) is 2.91. The van der Waals surface area contributed by atoms with Gasteiger partial charge in [0.25, 0.3) is 0 Å². The molecule has 2 saturated heterocycles. The van der Waals surface area contributed by atoms with Crippen molar-refractivity contribution in [1.82, 2.24) is 9.80 Å². The van der Waals surface area contributed by atoms with Gasteiger partial charge < -0.3 is 14.7 Å². The number of β-amino-alcohol motifs (C(OH)–C–C–N with tert-alkyl or cyclic N) is 1. The number of hydrogen-bond donors (Lipinski definition) is 1. The lowest BCUT2D eigenvalue weighted by molar-refractivity contribution is -0.150. The molecular weight excluding hydrogens is 232 g/mol. The highest BCUT2D eigenvalue weighted by Crippen LogP contribution is 2.32. The van der Waals surface area contributed by atoms with Gasteiger partial charge in [0.05, 0.1) is 17.7 Å². The van der Waals surface area contributed by atoms with E-state index in [1.165, 1.54) is 0 Å². The Morgan fingerprint density at radius 2 is 2.11 bits per heavy atom. The maximum atomic E-state index is 11.6. The largest absolute Gasteiger partial charge is 0.389 e. The summed E-state index contributed by atoms with van der Waals surface area (Å²) in [4.78, 5) is 15.7. The second kappa shape index (κ2) is 4.47. The minimum absolute atomic E-state index is 0.0673. The van der Waals surface area contributed by atoms with E-state index in [4.69, 9.17) is 4.74 Å². The van der Waals surface area contributed by atoms with Crippen molar-refractivity contribution in [1.29, 1.82) is 0 Å². The fraction of sp³-hybridized carbons (Fsp3) is 0.923. The van der Waals surface area contributed by atoms with Gasteiger partial charge in [-0.1, -0.05) is 12.8 Å². The molecule has 2 atom stereocenters. The van der Waals surface area contributed by atoms with Crippen LogP contribution in [0.3, 0.4) is 0 Å². The van der Waals surface area contributed by atoms with Crippen LogP contribution in [0.4, 0.5) is 0 Å². The molecule has 0 unspecified atom stereocenters. The van der Waals surface area contributed by atoms with Gasteiger partial charge in [0, 0.05) is 26.7 Å². The van der Waals surface area contributed by atoms with Crippen molar-refractivity contribution in [2.75, 3.05) is 33.3 Å². The van der Waals surface area contributed by atoms with Gasteiger partial charge in [-0.15, -0.1) is 0 Å².